The van der Waals surface area contributed by atoms with Crippen molar-refractivity contribution < 1.29 is 4.79 Å². The average molecular weight is 365 g/mol. The van der Waals surface area contributed by atoms with Crippen molar-refractivity contribution in [2.24, 2.45) is 0 Å². The Labute approximate surface area is 137 Å². The van der Waals surface area contributed by atoms with Crippen molar-refractivity contribution in [3.05, 3.63) is 52.0 Å². The van der Waals surface area contributed by atoms with Crippen LogP contribution in [0.5, 0.6) is 0 Å². The van der Waals surface area contributed by atoms with Gasteiger partial charge in [0.1, 0.15) is 0 Å². The van der Waals surface area contributed by atoms with Crippen LogP contribution in [0, 0.1) is 13.8 Å². The van der Waals surface area contributed by atoms with E-state index in [4.69, 9.17) is 5.73 Å². The van der Waals surface area contributed by atoms with Crippen molar-refractivity contribution in [1.82, 2.24) is 0 Å². The normalized spacial score (nSPS) is 10.4. The molecular formula is C16H17BrN2OS. The number of carbonyl (C=O) groups excluding carboxylic acids is 1. The van der Waals surface area contributed by atoms with Gasteiger partial charge in [-0.2, -0.15) is 0 Å². The van der Waals surface area contributed by atoms with Crippen LogP contribution in [0.2, 0.25) is 0 Å². The fourth-order valence-corrected chi connectivity index (χ4v) is 3.42. The Morgan fingerprint density at radius 2 is 1.90 bits per heavy atom. The van der Waals surface area contributed by atoms with E-state index >= 15 is 0 Å². The predicted molar refractivity (Wildman–Crippen MR) is 93.8 cm³/mol. The number of hydrogen-bond acceptors (Lipinski definition) is 3. The molecule has 0 saturated heterocycles. The van der Waals surface area contributed by atoms with Crippen LogP contribution >= 0.6 is 27.7 Å². The lowest BCUT2D eigenvalue weighted by Gasteiger charge is -2.11. The molecule has 0 atom stereocenters. The number of thioether (sulfide) groups is 1. The van der Waals surface area contributed by atoms with Crippen LogP contribution in [0.25, 0.3) is 0 Å². The zero-order chi connectivity index (χ0) is 15.4. The predicted octanol–water partition coefficient (Wildman–Crippen LogP) is 4.38. The van der Waals surface area contributed by atoms with E-state index in [0.717, 1.165) is 26.2 Å². The van der Waals surface area contributed by atoms with Gasteiger partial charge in [-0.1, -0.05) is 18.2 Å². The molecule has 3 nitrogen and oxygen atoms in total. The number of aryl methyl sites for hydroxylation is 2. The number of anilines is 2. The molecule has 0 aromatic heterocycles. The van der Waals surface area contributed by atoms with Crippen LogP contribution in [0.1, 0.15) is 11.1 Å². The second-order valence-electron chi connectivity index (χ2n) is 4.79. The molecule has 110 valence electrons. The van der Waals surface area contributed by atoms with Crippen molar-refractivity contribution >= 4 is 45.0 Å². The minimum absolute atomic E-state index is 0.0128. The number of hydrogen-bond donors (Lipinski definition) is 2. The first-order valence-corrected chi connectivity index (χ1v) is 8.29. The first-order valence-electron chi connectivity index (χ1n) is 6.51. The molecule has 3 N–H and O–H groups in total. The van der Waals surface area contributed by atoms with Gasteiger partial charge >= 0.3 is 0 Å². The molecule has 0 aliphatic rings. The number of amides is 1. The van der Waals surface area contributed by atoms with Crippen LogP contribution in [0.15, 0.2) is 45.8 Å². The third kappa shape index (κ3) is 4.25. The molecule has 0 fully saturated rings. The van der Waals surface area contributed by atoms with Crippen molar-refractivity contribution in [3.63, 3.8) is 0 Å². The third-order valence-corrected chi connectivity index (χ3v) is 5.05. The molecule has 0 aliphatic heterocycles. The Kier molecular flexibility index (Phi) is 5.31. The Morgan fingerprint density at radius 3 is 2.52 bits per heavy atom. The molecule has 0 unspecified atom stereocenters. The van der Waals surface area contributed by atoms with Crippen molar-refractivity contribution in [1.29, 1.82) is 0 Å². The highest BCUT2D eigenvalue weighted by Gasteiger charge is 2.09. The van der Waals surface area contributed by atoms with E-state index in [9.17, 15) is 4.79 Å². The van der Waals surface area contributed by atoms with Crippen LogP contribution in [-0.4, -0.2) is 11.7 Å². The highest BCUT2D eigenvalue weighted by Crippen LogP contribution is 2.29. The Balaban J connectivity index is 1.99. The number of carbonyl (C=O) groups is 1. The largest absolute Gasteiger partial charge is 0.399 e. The topological polar surface area (TPSA) is 55.1 Å². The van der Waals surface area contributed by atoms with Gasteiger partial charge in [0.15, 0.2) is 0 Å². The summed E-state index contributed by atoms with van der Waals surface area (Å²) in [4.78, 5) is 13.1. The number of nitrogens with two attached hydrogens (primary N) is 1. The summed E-state index contributed by atoms with van der Waals surface area (Å²) < 4.78 is 0.910. The monoisotopic (exact) mass is 364 g/mol. The molecular weight excluding hydrogens is 348 g/mol. The number of nitrogen functional groups attached to an aromatic ring is 1. The molecule has 0 radical (unpaired) electrons. The minimum atomic E-state index is -0.0128. The standard InChI is InChI=1S/C16H17BrN2OS/c1-10-4-3-5-11(2)16(10)19-15(20)9-21-14-7-6-12(18)8-13(14)17/h3-8H,9,18H2,1-2H3,(H,19,20). The van der Waals surface area contributed by atoms with Gasteiger partial charge in [-0.3, -0.25) is 4.79 Å². The second-order valence-corrected chi connectivity index (χ2v) is 6.67. The Bertz CT molecular complexity index is 653. The lowest BCUT2D eigenvalue weighted by molar-refractivity contribution is -0.113. The maximum Gasteiger partial charge on any atom is 0.234 e. The highest BCUT2D eigenvalue weighted by molar-refractivity contribution is 9.10. The maximum absolute atomic E-state index is 12.1. The molecule has 0 bridgehead atoms. The molecule has 2 rings (SSSR count). The summed E-state index contributed by atoms with van der Waals surface area (Å²) in [7, 11) is 0. The molecule has 0 spiro atoms. The highest BCUT2D eigenvalue weighted by atomic mass is 79.9. The Hall–Kier alpha value is -1.46. The van der Waals surface area contributed by atoms with Crippen molar-refractivity contribution in [2.75, 3.05) is 16.8 Å². The first kappa shape index (κ1) is 15.9. The summed E-state index contributed by atoms with van der Waals surface area (Å²) >= 11 is 4.94. The quantitative estimate of drug-likeness (QED) is 0.625. The van der Waals surface area contributed by atoms with Crippen LogP contribution in [0.4, 0.5) is 11.4 Å². The smallest absolute Gasteiger partial charge is 0.234 e. The number of para-hydroxylation sites is 1. The molecule has 2 aromatic carbocycles. The van der Waals surface area contributed by atoms with E-state index in [-0.39, 0.29) is 5.91 Å². The van der Waals surface area contributed by atoms with E-state index in [1.807, 2.05) is 50.2 Å². The van der Waals surface area contributed by atoms with E-state index in [2.05, 4.69) is 21.2 Å². The summed E-state index contributed by atoms with van der Waals surface area (Å²) in [6.45, 7) is 3.98. The van der Waals surface area contributed by atoms with Gasteiger partial charge in [0.2, 0.25) is 5.91 Å². The van der Waals surface area contributed by atoms with Crippen LogP contribution in [0.3, 0.4) is 0 Å². The van der Waals surface area contributed by atoms with Gasteiger partial charge in [-0.15, -0.1) is 11.8 Å². The lowest BCUT2D eigenvalue weighted by atomic mass is 10.1. The Morgan fingerprint density at radius 1 is 1.24 bits per heavy atom. The molecule has 0 aliphatic carbocycles. The van der Waals surface area contributed by atoms with Gasteiger partial charge in [0, 0.05) is 20.7 Å². The zero-order valence-electron chi connectivity index (χ0n) is 11.9. The summed E-state index contributed by atoms with van der Waals surface area (Å²) in [5, 5.41) is 2.98. The van der Waals surface area contributed by atoms with E-state index in [1.165, 1.54) is 11.8 Å². The van der Waals surface area contributed by atoms with Gasteiger partial charge in [0.25, 0.3) is 0 Å². The molecule has 21 heavy (non-hydrogen) atoms. The van der Waals surface area contributed by atoms with Crippen LogP contribution < -0.4 is 11.1 Å². The third-order valence-electron chi connectivity index (χ3n) is 3.06. The summed E-state index contributed by atoms with van der Waals surface area (Å²) in [5.41, 5.74) is 9.45. The van der Waals surface area contributed by atoms with E-state index < -0.39 is 0 Å². The maximum atomic E-state index is 12.1. The fraction of sp³-hybridized carbons (Fsp3) is 0.188. The molecule has 0 heterocycles. The number of benzene rings is 2. The van der Waals surface area contributed by atoms with E-state index in [1.54, 1.807) is 0 Å². The molecule has 5 heteroatoms. The number of halogens is 1. The minimum Gasteiger partial charge on any atom is -0.399 e. The average Bonchev–Trinajstić information content (AvgIpc) is 2.42. The zero-order valence-corrected chi connectivity index (χ0v) is 14.3. The number of rotatable bonds is 4. The van der Waals surface area contributed by atoms with Crippen molar-refractivity contribution in [3.8, 4) is 0 Å². The van der Waals surface area contributed by atoms with Gasteiger partial charge in [0.05, 0.1) is 5.75 Å². The molecule has 0 saturated carbocycles. The summed E-state index contributed by atoms with van der Waals surface area (Å²) in [6.07, 6.45) is 0. The van der Waals surface area contributed by atoms with E-state index in [0.29, 0.717) is 11.4 Å². The fourth-order valence-electron chi connectivity index (χ4n) is 1.96. The van der Waals surface area contributed by atoms with Crippen LogP contribution in [-0.2, 0) is 4.79 Å². The SMILES string of the molecule is Cc1cccc(C)c1NC(=O)CSc1ccc(N)cc1Br. The van der Waals surface area contributed by atoms with Gasteiger partial charge in [-0.05, 0) is 59.1 Å². The first-order chi connectivity index (χ1) is 9.97. The number of nitrogens with one attached hydrogen (secondary N) is 1. The lowest BCUT2D eigenvalue weighted by Crippen LogP contribution is -2.15. The molecule has 1 amide bonds. The molecule has 2 aromatic rings. The second kappa shape index (κ2) is 7.00. The van der Waals surface area contributed by atoms with Crippen molar-refractivity contribution in [2.45, 2.75) is 18.7 Å². The van der Waals surface area contributed by atoms with Gasteiger partial charge < -0.3 is 11.1 Å². The van der Waals surface area contributed by atoms with Gasteiger partial charge in [-0.25, -0.2) is 0 Å². The summed E-state index contributed by atoms with van der Waals surface area (Å²) in [5.74, 6) is 0.345. The summed E-state index contributed by atoms with van der Waals surface area (Å²) in [6, 6.07) is 11.6.